The SMILES string of the molecule is O=C1CC2(Cc3ccccc3)CN(Cc3ccccc3)CC([C@@H](O)Cc3ccccc3)(C1)C2O. The average molecular weight is 456 g/mol. The van der Waals surface area contributed by atoms with E-state index in [1.54, 1.807) is 0 Å². The molecule has 1 aliphatic carbocycles. The third kappa shape index (κ3) is 4.46. The highest BCUT2D eigenvalue weighted by Crippen LogP contribution is 2.53. The zero-order valence-corrected chi connectivity index (χ0v) is 19.5. The van der Waals surface area contributed by atoms with Gasteiger partial charge in [-0.3, -0.25) is 9.69 Å². The molecule has 3 aromatic carbocycles. The van der Waals surface area contributed by atoms with Gasteiger partial charge >= 0.3 is 0 Å². The first kappa shape index (κ1) is 23.0. The lowest BCUT2D eigenvalue weighted by atomic mass is 9.52. The molecule has 1 saturated heterocycles. The molecule has 0 amide bonds. The van der Waals surface area contributed by atoms with E-state index in [2.05, 4.69) is 29.2 Å². The minimum atomic E-state index is -0.896. The molecule has 2 fully saturated rings. The Morgan fingerprint density at radius 2 is 1.35 bits per heavy atom. The Kier molecular flexibility index (Phi) is 6.39. The Morgan fingerprint density at radius 3 is 1.97 bits per heavy atom. The average Bonchev–Trinajstić information content (AvgIpc) is 2.83. The van der Waals surface area contributed by atoms with E-state index in [1.165, 1.54) is 5.56 Å². The molecule has 4 nitrogen and oxygen atoms in total. The summed E-state index contributed by atoms with van der Waals surface area (Å²) in [6.07, 6.45) is 0.0157. The van der Waals surface area contributed by atoms with Gasteiger partial charge in [0.05, 0.1) is 12.2 Å². The molecule has 4 atom stereocenters. The summed E-state index contributed by atoms with van der Waals surface area (Å²) >= 11 is 0. The lowest BCUT2D eigenvalue weighted by Gasteiger charge is -2.60. The minimum absolute atomic E-state index is 0.146. The first-order chi connectivity index (χ1) is 16.5. The number of fused-ring (bicyclic) bond motifs is 2. The summed E-state index contributed by atoms with van der Waals surface area (Å²) < 4.78 is 0. The molecule has 34 heavy (non-hydrogen) atoms. The van der Waals surface area contributed by atoms with E-state index < -0.39 is 23.0 Å². The van der Waals surface area contributed by atoms with Crippen molar-refractivity contribution in [3.8, 4) is 0 Å². The van der Waals surface area contributed by atoms with Crippen molar-refractivity contribution in [3.05, 3.63) is 108 Å². The van der Waals surface area contributed by atoms with E-state index in [0.29, 0.717) is 32.4 Å². The van der Waals surface area contributed by atoms with Gasteiger partial charge in [0.15, 0.2) is 0 Å². The fourth-order valence-electron chi connectivity index (χ4n) is 6.44. The van der Waals surface area contributed by atoms with Gasteiger partial charge in [0.2, 0.25) is 0 Å². The third-order valence-corrected chi connectivity index (χ3v) is 7.84. The summed E-state index contributed by atoms with van der Waals surface area (Å²) in [5.74, 6) is 0.146. The summed E-state index contributed by atoms with van der Waals surface area (Å²) in [4.78, 5) is 15.6. The Morgan fingerprint density at radius 1 is 0.794 bits per heavy atom. The number of ketones is 1. The van der Waals surface area contributed by atoms with Gasteiger partial charge in [0.1, 0.15) is 5.78 Å². The number of rotatable bonds is 7. The number of hydrogen-bond donors (Lipinski definition) is 2. The van der Waals surface area contributed by atoms with Crippen molar-refractivity contribution in [2.45, 2.75) is 44.4 Å². The number of likely N-dealkylation sites (tertiary alicyclic amines) is 1. The maximum Gasteiger partial charge on any atom is 0.134 e. The van der Waals surface area contributed by atoms with Crippen LogP contribution in [0.25, 0.3) is 0 Å². The molecule has 1 saturated carbocycles. The van der Waals surface area contributed by atoms with Gasteiger partial charge in [-0.1, -0.05) is 91.0 Å². The second-order valence-electron chi connectivity index (χ2n) is 10.4. The number of aliphatic hydroxyl groups is 2. The molecule has 1 heterocycles. The van der Waals surface area contributed by atoms with Crippen molar-refractivity contribution in [3.63, 3.8) is 0 Å². The zero-order valence-electron chi connectivity index (χ0n) is 19.5. The standard InChI is InChI=1S/C30H33NO3/c32-26-18-29(17-24-12-6-2-7-13-24)21-31(20-25-14-8-3-9-15-25)22-30(19-26,28(29)34)27(33)16-23-10-4-1-5-11-23/h1-15,27-28,33-34H,16-22H2/t27-,28?,29?,30?/m0/s1. The number of piperidine rings is 1. The summed E-state index contributed by atoms with van der Waals surface area (Å²) in [7, 11) is 0. The summed E-state index contributed by atoms with van der Waals surface area (Å²) in [6, 6.07) is 30.3. The lowest BCUT2D eigenvalue weighted by molar-refractivity contribution is -0.205. The normalized spacial score (nSPS) is 27.9. The molecule has 0 spiro atoms. The van der Waals surface area contributed by atoms with E-state index in [1.807, 2.05) is 66.7 Å². The van der Waals surface area contributed by atoms with E-state index in [-0.39, 0.29) is 12.2 Å². The molecule has 3 aromatic rings. The molecule has 5 rings (SSSR count). The van der Waals surface area contributed by atoms with Gasteiger partial charge in [-0.2, -0.15) is 0 Å². The van der Waals surface area contributed by atoms with Crippen molar-refractivity contribution in [2.24, 2.45) is 10.8 Å². The molecule has 4 heteroatoms. The molecule has 2 aliphatic rings. The monoisotopic (exact) mass is 455 g/mol. The largest absolute Gasteiger partial charge is 0.392 e. The quantitative estimate of drug-likeness (QED) is 0.564. The van der Waals surface area contributed by atoms with Crippen molar-refractivity contribution < 1.29 is 15.0 Å². The van der Waals surface area contributed by atoms with Gasteiger partial charge in [-0.25, -0.2) is 0 Å². The Balaban J connectivity index is 1.52. The Bertz CT molecular complexity index is 1100. The second-order valence-corrected chi connectivity index (χ2v) is 10.4. The molecule has 2 bridgehead atoms. The maximum atomic E-state index is 13.2. The van der Waals surface area contributed by atoms with E-state index in [4.69, 9.17) is 0 Å². The highest BCUT2D eigenvalue weighted by atomic mass is 16.3. The van der Waals surface area contributed by atoms with Crippen molar-refractivity contribution in [1.29, 1.82) is 0 Å². The highest BCUT2D eigenvalue weighted by molar-refractivity contribution is 5.82. The molecule has 0 radical (unpaired) electrons. The highest BCUT2D eigenvalue weighted by Gasteiger charge is 2.62. The van der Waals surface area contributed by atoms with Crippen molar-refractivity contribution in [1.82, 2.24) is 4.90 Å². The number of Topliss-reactive ketones (excluding diaryl/α,β-unsaturated/α-hetero) is 1. The Labute approximate surface area is 201 Å². The third-order valence-electron chi connectivity index (χ3n) is 7.84. The molecule has 2 N–H and O–H groups in total. The summed E-state index contributed by atoms with van der Waals surface area (Å²) in [5, 5.41) is 23.6. The molecule has 1 aliphatic heterocycles. The van der Waals surface area contributed by atoms with E-state index in [0.717, 1.165) is 17.7 Å². The summed E-state index contributed by atoms with van der Waals surface area (Å²) in [5.41, 5.74) is 1.81. The molecule has 176 valence electrons. The fourth-order valence-corrected chi connectivity index (χ4v) is 6.44. The first-order valence-corrected chi connectivity index (χ1v) is 12.2. The summed E-state index contributed by atoms with van der Waals surface area (Å²) in [6.45, 7) is 1.86. The van der Waals surface area contributed by atoms with E-state index in [9.17, 15) is 15.0 Å². The van der Waals surface area contributed by atoms with Crippen LogP contribution < -0.4 is 0 Å². The number of hydrogen-bond acceptors (Lipinski definition) is 4. The van der Waals surface area contributed by atoms with Crippen LogP contribution in [-0.4, -0.2) is 46.2 Å². The Hall–Kier alpha value is -2.79. The van der Waals surface area contributed by atoms with Crippen LogP contribution in [0.5, 0.6) is 0 Å². The minimum Gasteiger partial charge on any atom is -0.392 e. The number of carbonyl (C=O) groups is 1. The number of benzene rings is 3. The van der Waals surface area contributed by atoms with Crippen molar-refractivity contribution >= 4 is 5.78 Å². The van der Waals surface area contributed by atoms with Crippen LogP contribution >= 0.6 is 0 Å². The fraction of sp³-hybridized carbons (Fsp3) is 0.367. The topological polar surface area (TPSA) is 60.8 Å². The van der Waals surface area contributed by atoms with Gasteiger partial charge in [0.25, 0.3) is 0 Å². The van der Waals surface area contributed by atoms with Crippen LogP contribution in [0.15, 0.2) is 91.0 Å². The predicted molar refractivity (Wildman–Crippen MR) is 133 cm³/mol. The zero-order chi connectivity index (χ0) is 23.6. The van der Waals surface area contributed by atoms with Crippen LogP contribution in [-0.2, 0) is 24.2 Å². The van der Waals surface area contributed by atoms with Crippen LogP contribution in [0.1, 0.15) is 29.5 Å². The van der Waals surface area contributed by atoms with Crippen LogP contribution in [0.2, 0.25) is 0 Å². The van der Waals surface area contributed by atoms with Crippen LogP contribution in [0.3, 0.4) is 0 Å². The van der Waals surface area contributed by atoms with Gasteiger partial charge in [0, 0.05) is 43.3 Å². The van der Waals surface area contributed by atoms with Crippen LogP contribution in [0, 0.1) is 10.8 Å². The van der Waals surface area contributed by atoms with E-state index >= 15 is 0 Å². The van der Waals surface area contributed by atoms with Crippen LogP contribution in [0.4, 0.5) is 0 Å². The van der Waals surface area contributed by atoms with Gasteiger partial charge < -0.3 is 10.2 Å². The number of nitrogens with zero attached hydrogens (tertiary/aromatic N) is 1. The second kappa shape index (κ2) is 9.46. The first-order valence-electron chi connectivity index (χ1n) is 12.2. The molecular formula is C30H33NO3. The van der Waals surface area contributed by atoms with Gasteiger partial charge in [-0.15, -0.1) is 0 Å². The molecular weight excluding hydrogens is 422 g/mol. The number of aliphatic hydroxyl groups excluding tert-OH is 2. The maximum absolute atomic E-state index is 13.2. The lowest BCUT2D eigenvalue weighted by Crippen LogP contribution is -2.70. The van der Waals surface area contributed by atoms with Gasteiger partial charge in [-0.05, 0) is 29.5 Å². The smallest absolute Gasteiger partial charge is 0.134 e. The molecule has 0 aromatic heterocycles. The predicted octanol–water partition coefficient (Wildman–Crippen LogP) is 4.05. The van der Waals surface area contributed by atoms with Crippen molar-refractivity contribution in [2.75, 3.05) is 13.1 Å². The molecule has 3 unspecified atom stereocenters. The number of carbonyl (C=O) groups excluding carboxylic acids is 1.